The minimum atomic E-state index is 0. The van der Waals surface area contributed by atoms with Crippen LogP contribution in [0, 0.1) is 5.92 Å². The van der Waals surface area contributed by atoms with E-state index in [2.05, 4.69) is 37.6 Å². The molecule has 5 nitrogen and oxygen atoms in total. The lowest BCUT2D eigenvalue weighted by atomic mass is 10.2. The number of guanidine groups is 1. The first-order valence-electron chi connectivity index (χ1n) is 9.42. The predicted molar refractivity (Wildman–Crippen MR) is 122 cm³/mol. The number of hydrogen-bond donors (Lipinski definition) is 2. The molecule has 0 aromatic heterocycles. The van der Waals surface area contributed by atoms with Gasteiger partial charge in [0, 0.05) is 57.0 Å². The number of benzene rings is 1. The Morgan fingerprint density at radius 2 is 1.96 bits per heavy atom. The molecule has 1 aliphatic heterocycles. The van der Waals surface area contributed by atoms with Crippen LogP contribution in [0.3, 0.4) is 0 Å². The van der Waals surface area contributed by atoms with Gasteiger partial charge in [-0.1, -0.05) is 17.7 Å². The molecular formula is C19H31ClIN5. The zero-order valence-electron chi connectivity index (χ0n) is 15.6. The van der Waals surface area contributed by atoms with Gasteiger partial charge < -0.3 is 15.5 Å². The maximum Gasteiger partial charge on any atom is 0.190 e. The lowest BCUT2D eigenvalue weighted by Gasteiger charge is -2.36. The Bertz CT molecular complexity index is 571. The monoisotopic (exact) mass is 491 g/mol. The highest BCUT2D eigenvalue weighted by Gasteiger charge is 2.21. The number of hydrogen-bond acceptors (Lipinski definition) is 3. The van der Waals surface area contributed by atoms with Crippen molar-refractivity contribution >= 4 is 47.2 Å². The smallest absolute Gasteiger partial charge is 0.190 e. The Kier molecular flexibility index (Phi) is 9.28. The summed E-state index contributed by atoms with van der Waals surface area (Å²) in [5.74, 6) is 1.81. The van der Waals surface area contributed by atoms with E-state index in [0.717, 1.165) is 69.1 Å². The Morgan fingerprint density at radius 1 is 1.19 bits per heavy atom. The zero-order chi connectivity index (χ0) is 17.5. The molecule has 1 aromatic carbocycles. The average Bonchev–Trinajstić information content (AvgIpc) is 3.46. The number of nitrogens with one attached hydrogen (secondary N) is 2. The van der Waals surface area contributed by atoms with Gasteiger partial charge >= 0.3 is 0 Å². The quantitative estimate of drug-likeness (QED) is 0.266. The molecule has 2 fully saturated rings. The number of aliphatic imine (C=N–C) groups is 1. The van der Waals surface area contributed by atoms with Gasteiger partial charge in [-0.2, -0.15) is 0 Å². The Morgan fingerprint density at radius 3 is 2.62 bits per heavy atom. The third-order valence-electron chi connectivity index (χ3n) is 4.97. The molecule has 7 heteroatoms. The van der Waals surface area contributed by atoms with Gasteiger partial charge in [-0.3, -0.25) is 9.89 Å². The Hall–Kier alpha value is -0.730. The minimum Gasteiger partial charge on any atom is -0.369 e. The summed E-state index contributed by atoms with van der Waals surface area (Å²) in [4.78, 5) is 9.25. The molecule has 1 heterocycles. The predicted octanol–water partition coefficient (Wildman–Crippen LogP) is 3.05. The molecule has 0 atom stereocenters. The van der Waals surface area contributed by atoms with Crippen molar-refractivity contribution in [1.29, 1.82) is 0 Å². The van der Waals surface area contributed by atoms with E-state index in [4.69, 9.17) is 11.6 Å². The van der Waals surface area contributed by atoms with E-state index in [-0.39, 0.29) is 24.0 Å². The lowest BCUT2D eigenvalue weighted by molar-refractivity contribution is 0.255. The third-order valence-corrected chi connectivity index (χ3v) is 5.20. The second-order valence-electron chi connectivity index (χ2n) is 6.99. The maximum absolute atomic E-state index is 6.10. The van der Waals surface area contributed by atoms with E-state index in [0.29, 0.717) is 0 Å². The summed E-state index contributed by atoms with van der Waals surface area (Å²) in [7, 11) is 1.84. The SMILES string of the molecule is CN=C(NCCCN1CCN(c2cccc(Cl)c2)CC1)NCC1CC1.I. The first-order valence-corrected chi connectivity index (χ1v) is 9.80. The molecule has 0 spiro atoms. The van der Waals surface area contributed by atoms with Crippen molar-refractivity contribution in [3.8, 4) is 0 Å². The number of rotatable bonds is 7. The van der Waals surface area contributed by atoms with Crippen molar-refractivity contribution in [2.45, 2.75) is 19.3 Å². The van der Waals surface area contributed by atoms with Crippen LogP contribution >= 0.6 is 35.6 Å². The molecule has 0 bridgehead atoms. The molecule has 0 unspecified atom stereocenters. The van der Waals surface area contributed by atoms with E-state index >= 15 is 0 Å². The maximum atomic E-state index is 6.10. The second-order valence-corrected chi connectivity index (χ2v) is 7.42. The van der Waals surface area contributed by atoms with Crippen LogP contribution in [0.5, 0.6) is 0 Å². The number of piperazine rings is 1. The van der Waals surface area contributed by atoms with E-state index in [9.17, 15) is 0 Å². The molecule has 1 aromatic rings. The standard InChI is InChI=1S/C19H30ClN5.HI/c1-21-19(23-15-16-6-7-16)22-8-3-9-24-10-12-25(13-11-24)18-5-2-4-17(20)14-18;/h2,4-5,14,16H,3,6-13,15H2,1H3,(H2,21,22,23);1H. The summed E-state index contributed by atoms with van der Waals surface area (Å²) in [5.41, 5.74) is 1.24. The fourth-order valence-corrected chi connectivity index (χ4v) is 3.38. The largest absolute Gasteiger partial charge is 0.369 e. The average molecular weight is 492 g/mol. The molecule has 26 heavy (non-hydrogen) atoms. The van der Waals surface area contributed by atoms with Crippen LogP contribution in [0.1, 0.15) is 19.3 Å². The summed E-state index contributed by atoms with van der Waals surface area (Å²) in [6.45, 7) is 7.53. The fraction of sp³-hybridized carbons (Fsp3) is 0.632. The molecule has 3 rings (SSSR count). The van der Waals surface area contributed by atoms with Crippen LogP contribution in [0.25, 0.3) is 0 Å². The molecule has 2 N–H and O–H groups in total. The Balaban J connectivity index is 0.00000243. The highest BCUT2D eigenvalue weighted by Crippen LogP contribution is 2.27. The van der Waals surface area contributed by atoms with Crippen molar-refractivity contribution in [2.75, 3.05) is 57.8 Å². The van der Waals surface area contributed by atoms with Crippen LogP contribution in [0.4, 0.5) is 5.69 Å². The summed E-state index contributed by atoms with van der Waals surface area (Å²) in [6.07, 6.45) is 3.87. The van der Waals surface area contributed by atoms with Crippen molar-refractivity contribution < 1.29 is 0 Å². The van der Waals surface area contributed by atoms with Crippen LogP contribution in [-0.4, -0.2) is 63.7 Å². The van der Waals surface area contributed by atoms with Gasteiger partial charge in [0.25, 0.3) is 0 Å². The first kappa shape index (κ1) is 21.6. The van der Waals surface area contributed by atoms with Crippen LogP contribution in [-0.2, 0) is 0 Å². The van der Waals surface area contributed by atoms with Crippen molar-refractivity contribution in [1.82, 2.24) is 15.5 Å². The van der Waals surface area contributed by atoms with Crippen LogP contribution in [0.15, 0.2) is 29.3 Å². The van der Waals surface area contributed by atoms with Gasteiger partial charge in [0.05, 0.1) is 0 Å². The summed E-state index contributed by atoms with van der Waals surface area (Å²) in [5, 5.41) is 7.64. The molecule has 0 amide bonds. The zero-order valence-corrected chi connectivity index (χ0v) is 18.7. The minimum absolute atomic E-state index is 0. The molecular weight excluding hydrogens is 461 g/mol. The van der Waals surface area contributed by atoms with Crippen molar-refractivity contribution in [3.05, 3.63) is 29.3 Å². The summed E-state index contributed by atoms with van der Waals surface area (Å²) < 4.78 is 0. The van der Waals surface area contributed by atoms with Crippen molar-refractivity contribution in [2.24, 2.45) is 10.9 Å². The fourth-order valence-electron chi connectivity index (χ4n) is 3.20. The van der Waals surface area contributed by atoms with Gasteiger partial charge in [0.1, 0.15) is 0 Å². The number of nitrogens with zero attached hydrogens (tertiary/aromatic N) is 3. The van der Waals surface area contributed by atoms with Crippen LogP contribution in [0.2, 0.25) is 5.02 Å². The molecule has 2 aliphatic rings. The topological polar surface area (TPSA) is 42.9 Å². The normalized spacial score (nSPS) is 18.4. The highest BCUT2D eigenvalue weighted by atomic mass is 127. The lowest BCUT2D eigenvalue weighted by Crippen LogP contribution is -2.47. The molecule has 1 saturated carbocycles. The van der Waals surface area contributed by atoms with Gasteiger partial charge in [0.15, 0.2) is 5.96 Å². The van der Waals surface area contributed by atoms with Gasteiger partial charge in [0.2, 0.25) is 0 Å². The van der Waals surface area contributed by atoms with Gasteiger partial charge in [-0.05, 0) is 49.9 Å². The number of halogens is 2. The molecule has 146 valence electrons. The van der Waals surface area contributed by atoms with E-state index in [1.54, 1.807) is 0 Å². The van der Waals surface area contributed by atoms with Gasteiger partial charge in [-0.25, -0.2) is 0 Å². The summed E-state index contributed by atoms with van der Waals surface area (Å²) in [6, 6.07) is 8.16. The number of anilines is 1. The molecule has 1 saturated heterocycles. The van der Waals surface area contributed by atoms with Crippen LogP contribution < -0.4 is 15.5 Å². The summed E-state index contributed by atoms with van der Waals surface area (Å²) >= 11 is 6.10. The highest BCUT2D eigenvalue weighted by molar-refractivity contribution is 14.0. The first-order chi connectivity index (χ1) is 12.2. The van der Waals surface area contributed by atoms with Crippen molar-refractivity contribution in [3.63, 3.8) is 0 Å². The molecule has 0 radical (unpaired) electrons. The third kappa shape index (κ3) is 7.12. The van der Waals surface area contributed by atoms with E-state index in [1.165, 1.54) is 18.5 Å². The Labute approximate surface area is 179 Å². The van der Waals surface area contributed by atoms with E-state index in [1.807, 2.05) is 19.2 Å². The van der Waals surface area contributed by atoms with Gasteiger partial charge in [-0.15, -0.1) is 24.0 Å². The molecule has 1 aliphatic carbocycles. The second kappa shape index (κ2) is 11.2. The van der Waals surface area contributed by atoms with E-state index < -0.39 is 0 Å².